The lowest BCUT2D eigenvalue weighted by Crippen LogP contribution is -2.03. The molecule has 1 N–H and O–H groups in total. The summed E-state index contributed by atoms with van der Waals surface area (Å²) in [6, 6.07) is 9.33. The number of rotatable bonds is 2. The SMILES string of the molecule is CC(C)n1c(-c2cc(F)ccc2O)nc2ccc(Cl)cc21. The van der Waals surface area contributed by atoms with E-state index in [1.54, 1.807) is 6.07 Å². The minimum atomic E-state index is -0.414. The largest absolute Gasteiger partial charge is 0.507 e. The van der Waals surface area contributed by atoms with E-state index < -0.39 is 5.82 Å². The molecule has 0 spiro atoms. The predicted molar refractivity (Wildman–Crippen MR) is 82.2 cm³/mol. The lowest BCUT2D eigenvalue weighted by molar-refractivity contribution is 0.474. The number of imidazole rings is 1. The van der Waals surface area contributed by atoms with Crippen molar-refractivity contribution < 1.29 is 9.50 Å². The molecule has 1 aromatic heterocycles. The molecule has 0 saturated heterocycles. The van der Waals surface area contributed by atoms with Crippen LogP contribution < -0.4 is 0 Å². The molecule has 1 heterocycles. The van der Waals surface area contributed by atoms with Crippen LogP contribution in [0.3, 0.4) is 0 Å². The third-order valence-electron chi connectivity index (χ3n) is 3.37. The first kappa shape index (κ1) is 13.9. The summed E-state index contributed by atoms with van der Waals surface area (Å²) in [6.45, 7) is 4.00. The number of benzene rings is 2. The Bertz CT molecular complexity index is 827. The fourth-order valence-corrected chi connectivity index (χ4v) is 2.63. The van der Waals surface area contributed by atoms with E-state index in [2.05, 4.69) is 4.98 Å². The highest BCUT2D eigenvalue weighted by Crippen LogP contribution is 2.34. The summed E-state index contributed by atoms with van der Waals surface area (Å²) in [5.74, 6) is 0.113. The monoisotopic (exact) mass is 304 g/mol. The van der Waals surface area contributed by atoms with Gasteiger partial charge in [-0.3, -0.25) is 0 Å². The maximum atomic E-state index is 13.5. The zero-order valence-electron chi connectivity index (χ0n) is 11.6. The van der Waals surface area contributed by atoms with E-state index in [4.69, 9.17) is 11.6 Å². The number of aromatic nitrogens is 2. The summed E-state index contributed by atoms with van der Waals surface area (Å²) >= 11 is 6.06. The number of phenolic OH excluding ortho intramolecular Hbond substituents is 1. The van der Waals surface area contributed by atoms with E-state index in [1.165, 1.54) is 18.2 Å². The summed E-state index contributed by atoms with van der Waals surface area (Å²) in [5.41, 5.74) is 1.99. The Labute approximate surface area is 126 Å². The van der Waals surface area contributed by atoms with E-state index in [9.17, 15) is 9.50 Å². The number of halogens is 2. The van der Waals surface area contributed by atoms with Crippen LogP contribution in [0.1, 0.15) is 19.9 Å². The predicted octanol–water partition coefficient (Wildman–Crippen LogP) is 4.78. The van der Waals surface area contributed by atoms with Gasteiger partial charge < -0.3 is 9.67 Å². The Morgan fingerprint density at radius 1 is 1.19 bits per heavy atom. The molecule has 5 heteroatoms. The number of aromatic hydroxyl groups is 1. The van der Waals surface area contributed by atoms with Crippen LogP contribution in [0.5, 0.6) is 5.75 Å². The van der Waals surface area contributed by atoms with E-state index in [1.807, 2.05) is 30.5 Å². The molecule has 21 heavy (non-hydrogen) atoms. The summed E-state index contributed by atoms with van der Waals surface area (Å²) < 4.78 is 15.5. The van der Waals surface area contributed by atoms with Gasteiger partial charge in [-0.1, -0.05) is 11.6 Å². The number of nitrogens with zero attached hydrogens (tertiary/aromatic N) is 2. The molecule has 0 aliphatic heterocycles. The Morgan fingerprint density at radius 2 is 1.95 bits per heavy atom. The minimum absolute atomic E-state index is 0.000275. The highest BCUT2D eigenvalue weighted by molar-refractivity contribution is 6.31. The molecule has 0 saturated carbocycles. The van der Waals surface area contributed by atoms with Crippen molar-refractivity contribution in [3.8, 4) is 17.1 Å². The number of hydrogen-bond donors (Lipinski definition) is 1. The molecular weight excluding hydrogens is 291 g/mol. The van der Waals surface area contributed by atoms with Crippen molar-refractivity contribution in [2.24, 2.45) is 0 Å². The molecule has 0 radical (unpaired) electrons. The third kappa shape index (κ3) is 2.36. The average Bonchev–Trinajstić information content (AvgIpc) is 2.79. The van der Waals surface area contributed by atoms with E-state index in [0.29, 0.717) is 16.4 Å². The van der Waals surface area contributed by atoms with Gasteiger partial charge in [0.2, 0.25) is 0 Å². The number of hydrogen-bond acceptors (Lipinski definition) is 2. The third-order valence-corrected chi connectivity index (χ3v) is 3.60. The molecule has 2 aromatic carbocycles. The van der Waals surface area contributed by atoms with Gasteiger partial charge in [0, 0.05) is 11.1 Å². The Balaban J connectivity index is 2.36. The maximum Gasteiger partial charge on any atom is 0.145 e. The Morgan fingerprint density at radius 3 is 2.67 bits per heavy atom. The van der Waals surface area contributed by atoms with Gasteiger partial charge in [-0.15, -0.1) is 0 Å². The van der Waals surface area contributed by atoms with Crippen molar-refractivity contribution in [2.45, 2.75) is 19.9 Å². The molecular formula is C16H14ClFN2O. The van der Waals surface area contributed by atoms with Gasteiger partial charge in [0.25, 0.3) is 0 Å². The second-order valence-corrected chi connectivity index (χ2v) is 5.63. The van der Waals surface area contributed by atoms with Gasteiger partial charge in [-0.2, -0.15) is 0 Å². The van der Waals surface area contributed by atoms with Crippen LogP contribution in [0.25, 0.3) is 22.4 Å². The molecule has 0 atom stereocenters. The molecule has 0 aliphatic rings. The minimum Gasteiger partial charge on any atom is -0.507 e. The Kier molecular flexibility index (Phi) is 3.33. The maximum absolute atomic E-state index is 13.5. The molecule has 108 valence electrons. The number of phenols is 1. The average molecular weight is 305 g/mol. The summed E-state index contributed by atoms with van der Waals surface area (Å²) in [4.78, 5) is 4.52. The summed E-state index contributed by atoms with van der Waals surface area (Å²) in [5, 5.41) is 10.6. The van der Waals surface area contributed by atoms with Crippen LogP contribution >= 0.6 is 11.6 Å². The first-order valence-electron chi connectivity index (χ1n) is 6.63. The highest BCUT2D eigenvalue weighted by atomic mass is 35.5. The smallest absolute Gasteiger partial charge is 0.145 e. The van der Waals surface area contributed by atoms with Crippen molar-refractivity contribution in [3.63, 3.8) is 0 Å². The van der Waals surface area contributed by atoms with Gasteiger partial charge in [0.05, 0.1) is 16.6 Å². The fraction of sp³-hybridized carbons (Fsp3) is 0.188. The van der Waals surface area contributed by atoms with Crippen LogP contribution in [-0.2, 0) is 0 Å². The number of fused-ring (bicyclic) bond motifs is 1. The van der Waals surface area contributed by atoms with Crippen LogP contribution in [0.15, 0.2) is 36.4 Å². The normalized spacial score (nSPS) is 11.5. The van der Waals surface area contributed by atoms with Gasteiger partial charge in [0.15, 0.2) is 0 Å². The van der Waals surface area contributed by atoms with Crippen LogP contribution in [0, 0.1) is 5.82 Å². The summed E-state index contributed by atoms with van der Waals surface area (Å²) in [6.07, 6.45) is 0. The van der Waals surface area contributed by atoms with Crippen molar-refractivity contribution >= 4 is 22.6 Å². The zero-order chi connectivity index (χ0) is 15.1. The van der Waals surface area contributed by atoms with E-state index in [-0.39, 0.29) is 11.8 Å². The molecule has 3 aromatic rings. The van der Waals surface area contributed by atoms with Crippen molar-refractivity contribution in [1.29, 1.82) is 0 Å². The van der Waals surface area contributed by atoms with Gasteiger partial charge in [-0.05, 0) is 50.2 Å². The molecule has 0 fully saturated rings. The fourth-order valence-electron chi connectivity index (χ4n) is 2.47. The second kappa shape index (κ2) is 5.04. The Hall–Kier alpha value is -2.07. The molecule has 3 rings (SSSR count). The highest BCUT2D eigenvalue weighted by Gasteiger charge is 2.18. The van der Waals surface area contributed by atoms with Crippen molar-refractivity contribution in [3.05, 3.63) is 47.2 Å². The van der Waals surface area contributed by atoms with E-state index >= 15 is 0 Å². The van der Waals surface area contributed by atoms with Crippen molar-refractivity contribution in [2.75, 3.05) is 0 Å². The quantitative estimate of drug-likeness (QED) is 0.739. The van der Waals surface area contributed by atoms with E-state index in [0.717, 1.165) is 11.0 Å². The first-order chi connectivity index (χ1) is 9.97. The molecule has 0 bridgehead atoms. The van der Waals surface area contributed by atoms with Crippen molar-refractivity contribution in [1.82, 2.24) is 9.55 Å². The van der Waals surface area contributed by atoms with Gasteiger partial charge >= 0.3 is 0 Å². The topological polar surface area (TPSA) is 38.0 Å². The molecule has 0 amide bonds. The van der Waals surface area contributed by atoms with Gasteiger partial charge in [-0.25, -0.2) is 9.37 Å². The molecule has 0 unspecified atom stereocenters. The lowest BCUT2D eigenvalue weighted by atomic mass is 10.1. The molecule has 3 nitrogen and oxygen atoms in total. The van der Waals surface area contributed by atoms with Gasteiger partial charge in [0.1, 0.15) is 17.4 Å². The second-order valence-electron chi connectivity index (χ2n) is 5.19. The zero-order valence-corrected chi connectivity index (χ0v) is 12.4. The van der Waals surface area contributed by atoms with Crippen LogP contribution in [-0.4, -0.2) is 14.7 Å². The standard InChI is InChI=1S/C16H14ClFN2O/c1-9(2)20-14-7-10(17)3-5-13(14)19-16(20)12-8-11(18)4-6-15(12)21/h3-9,21H,1-2H3. The van der Waals surface area contributed by atoms with Crippen LogP contribution in [0.2, 0.25) is 5.02 Å². The first-order valence-corrected chi connectivity index (χ1v) is 7.01. The summed E-state index contributed by atoms with van der Waals surface area (Å²) in [7, 11) is 0. The lowest BCUT2D eigenvalue weighted by Gasteiger charge is -2.14. The molecule has 0 aliphatic carbocycles. The van der Waals surface area contributed by atoms with Crippen LogP contribution in [0.4, 0.5) is 4.39 Å².